The van der Waals surface area contributed by atoms with Crippen LogP contribution in [0.4, 0.5) is 8.78 Å². The summed E-state index contributed by atoms with van der Waals surface area (Å²) in [5, 5.41) is 0. The lowest BCUT2D eigenvalue weighted by Gasteiger charge is -2.46. The van der Waals surface area contributed by atoms with Gasteiger partial charge in [-0.1, -0.05) is 18.2 Å². The van der Waals surface area contributed by atoms with E-state index in [4.69, 9.17) is 4.74 Å². The quantitative estimate of drug-likeness (QED) is 0.787. The third-order valence-electron chi connectivity index (χ3n) is 5.79. The molecule has 0 saturated carbocycles. The molecule has 2 bridgehead atoms. The maximum absolute atomic E-state index is 14.4. The predicted octanol–water partition coefficient (Wildman–Crippen LogP) is 3.60. The molecule has 4 nitrogen and oxygen atoms in total. The Labute approximate surface area is 163 Å². The maximum Gasteiger partial charge on any atom is 0.240 e. The standard InChI is InChI=1S/C22H24F2N2O2/c1-28-19-6-5-17(20(24)11-19)14-25-8-7-16-10-21(25)22(27)26(13-16)12-15-3-2-4-18(23)9-15/h2-6,9,11,16,21H,7-8,10,12-14H2,1H3/t16-,21+/m0/s1. The minimum Gasteiger partial charge on any atom is -0.497 e. The highest BCUT2D eigenvalue weighted by Gasteiger charge is 2.41. The van der Waals surface area contributed by atoms with Gasteiger partial charge < -0.3 is 9.64 Å². The van der Waals surface area contributed by atoms with Crippen LogP contribution >= 0.6 is 0 Å². The molecule has 2 atom stereocenters. The van der Waals surface area contributed by atoms with Gasteiger partial charge in [0.25, 0.3) is 0 Å². The highest BCUT2D eigenvalue weighted by atomic mass is 19.1. The van der Waals surface area contributed by atoms with Crippen LogP contribution in [0.3, 0.4) is 0 Å². The van der Waals surface area contributed by atoms with Crippen molar-refractivity contribution in [3.63, 3.8) is 0 Å². The highest BCUT2D eigenvalue weighted by Crippen LogP contribution is 2.32. The monoisotopic (exact) mass is 386 g/mol. The van der Waals surface area contributed by atoms with Crippen molar-refractivity contribution in [2.24, 2.45) is 5.92 Å². The van der Waals surface area contributed by atoms with Crippen molar-refractivity contribution < 1.29 is 18.3 Å². The van der Waals surface area contributed by atoms with E-state index < -0.39 is 0 Å². The summed E-state index contributed by atoms with van der Waals surface area (Å²) in [5.74, 6) is 0.359. The van der Waals surface area contributed by atoms with E-state index in [0.29, 0.717) is 36.9 Å². The van der Waals surface area contributed by atoms with Gasteiger partial charge in [0.05, 0.1) is 13.2 Å². The minimum atomic E-state index is -0.318. The molecule has 0 aliphatic carbocycles. The Hall–Kier alpha value is -2.47. The molecule has 0 unspecified atom stereocenters. The number of carbonyl (C=O) groups excluding carboxylic acids is 1. The van der Waals surface area contributed by atoms with E-state index in [2.05, 4.69) is 4.90 Å². The molecule has 2 fully saturated rings. The first kappa shape index (κ1) is 18.9. The molecule has 2 aromatic rings. The van der Waals surface area contributed by atoms with Gasteiger partial charge in [-0.3, -0.25) is 9.69 Å². The second-order valence-electron chi connectivity index (χ2n) is 7.68. The van der Waals surface area contributed by atoms with Gasteiger partial charge in [0, 0.05) is 31.3 Å². The van der Waals surface area contributed by atoms with Gasteiger partial charge in [-0.05, 0) is 49.1 Å². The average molecular weight is 386 g/mol. The van der Waals surface area contributed by atoms with Crippen molar-refractivity contribution >= 4 is 5.91 Å². The van der Waals surface area contributed by atoms with Crippen LogP contribution in [-0.4, -0.2) is 41.9 Å². The van der Waals surface area contributed by atoms with Crippen LogP contribution in [0.15, 0.2) is 42.5 Å². The van der Waals surface area contributed by atoms with Crippen LogP contribution in [0, 0.1) is 17.6 Å². The molecule has 0 aromatic heterocycles. The molecular weight excluding hydrogens is 362 g/mol. The summed E-state index contributed by atoms with van der Waals surface area (Å²) in [7, 11) is 1.51. The number of hydrogen-bond donors (Lipinski definition) is 0. The molecule has 2 heterocycles. The molecule has 6 heteroatoms. The number of hydrogen-bond acceptors (Lipinski definition) is 3. The molecule has 0 N–H and O–H groups in total. The zero-order valence-electron chi connectivity index (χ0n) is 15.9. The molecule has 0 radical (unpaired) electrons. The van der Waals surface area contributed by atoms with Crippen molar-refractivity contribution in [1.29, 1.82) is 0 Å². The summed E-state index contributed by atoms with van der Waals surface area (Å²) in [6.45, 7) is 2.29. The number of amides is 1. The number of likely N-dealkylation sites (tertiary alicyclic amines) is 2. The van der Waals surface area contributed by atoms with E-state index >= 15 is 0 Å². The molecule has 0 spiro atoms. The Kier molecular flexibility index (Phi) is 5.31. The highest BCUT2D eigenvalue weighted by molar-refractivity contribution is 5.83. The Balaban J connectivity index is 1.49. The van der Waals surface area contributed by atoms with Crippen molar-refractivity contribution in [1.82, 2.24) is 9.80 Å². The molecule has 2 aromatic carbocycles. The van der Waals surface area contributed by atoms with E-state index in [9.17, 15) is 13.6 Å². The predicted molar refractivity (Wildman–Crippen MR) is 102 cm³/mol. The van der Waals surface area contributed by atoms with E-state index in [0.717, 1.165) is 24.9 Å². The van der Waals surface area contributed by atoms with Gasteiger partial charge in [0.1, 0.15) is 17.4 Å². The Morgan fingerprint density at radius 1 is 1.14 bits per heavy atom. The van der Waals surface area contributed by atoms with Crippen LogP contribution < -0.4 is 4.74 Å². The molecular formula is C22H24F2N2O2. The summed E-state index contributed by atoms with van der Waals surface area (Å²) in [6.07, 6.45) is 1.78. The number of halogens is 2. The topological polar surface area (TPSA) is 32.8 Å². The van der Waals surface area contributed by atoms with Crippen molar-refractivity contribution in [2.45, 2.75) is 32.0 Å². The Bertz CT molecular complexity index is 873. The van der Waals surface area contributed by atoms with Gasteiger partial charge in [-0.25, -0.2) is 8.78 Å². The van der Waals surface area contributed by atoms with Gasteiger partial charge in [0.2, 0.25) is 5.91 Å². The van der Waals surface area contributed by atoms with Crippen molar-refractivity contribution in [2.75, 3.05) is 20.2 Å². The smallest absolute Gasteiger partial charge is 0.240 e. The van der Waals surface area contributed by atoms with E-state index in [1.54, 1.807) is 18.2 Å². The maximum atomic E-state index is 14.4. The fourth-order valence-electron chi connectivity index (χ4n) is 4.31. The average Bonchev–Trinajstić information content (AvgIpc) is 2.69. The Morgan fingerprint density at radius 3 is 2.75 bits per heavy atom. The van der Waals surface area contributed by atoms with Crippen LogP contribution in [0.25, 0.3) is 0 Å². The summed E-state index contributed by atoms with van der Waals surface area (Å²) < 4.78 is 32.9. The lowest BCUT2D eigenvalue weighted by molar-refractivity contribution is -0.146. The summed E-state index contributed by atoms with van der Waals surface area (Å²) in [4.78, 5) is 17.0. The van der Waals surface area contributed by atoms with Crippen LogP contribution in [0.2, 0.25) is 0 Å². The first-order chi connectivity index (χ1) is 13.5. The SMILES string of the molecule is COc1ccc(CN2CC[C@H]3C[C@@H]2C(=O)N(Cc2cccc(F)c2)C3)c(F)c1. The second-order valence-corrected chi connectivity index (χ2v) is 7.68. The third kappa shape index (κ3) is 3.87. The lowest BCUT2D eigenvalue weighted by Crippen LogP contribution is -2.58. The van der Waals surface area contributed by atoms with E-state index in [1.807, 2.05) is 11.0 Å². The number of nitrogens with zero attached hydrogens (tertiary/aromatic N) is 2. The molecule has 2 saturated heterocycles. The van der Waals surface area contributed by atoms with Crippen molar-refractivity contribution in [3.05, 3.63) is 65.2 Å². The number of benzene rings is 2. The van der Waals surface area contributed by atoms with Gasteiger partial charge in [-0.15, -0.1) is 0 Å². The number of fused-ring (bicyclic) bond motifs is 2. The fraction of sp³-hybridized carbons (Fsp3) is 0.409. The van der Waals surface area contributed by atoms with Gasteiger partial charge >= 0.3 is 0 Å². The number of carbonyl (C=O) groups is 1. The molecule has 2 aliphatic rings. The third-order valence-corrected chi connectivity index (χ3v) is 5.79. The summed E-state index contributed by atoms with van der Waals surface area (Å²) >= 11 is 0. The normalized spacial score (nSPS) is 22.4. The summed E-state index contributed by atoms with van der Waals surface area (Å²) in [6, 6.07) is 11.0. The van der Waals surface area contributed by atoms with Crippen molar-refractivity contribution in [3.8, 4) is 5.75 Å². The van der Waals surface area contributed by atoms with Gasteiger partial charge in [0.15, 0.2) is 0 Å². The Morgan fingerprint density at radius 2 is 2.00 bits per heavy atom. The zero-order chi connectivity index (χ0) is 19.7. The largest absolute Gasteiger partial charge is 0.497 e. The molecule has 28 heavy (non-hydrogen) atoms. The number of methoxy groups -OCH3 is 1. The molecule has 148 valence electrons. The summed E-state index contributed by atoms with van der Waals surface area (Å²) in [5.41, 5.74) is 1.36. The minimum absolute atomic E-state index is 0.0501. The van der Waals surface area contributed by atoms with Crippen LogP contribution in [-0.2, 0) is 17.9 Å². The van der Waals surface area contributed by atoms with E-state index in [-0.39, 0.29) is 23.6 Å². The van der Waals surface area contributed by atoms with Crippen LogP contribution in [0.1, 0.15) is 24.0 Å². The lowest BCUT2D eigenvalue weighted by atomic mass is 9.85. The zero-order valence-corrected chi connectivity index (χ0v) is 15.9. The van der Waals surface area contributed by atoms with Crippen LogP contribution in [0.5, 0.6) is 5.75 Å². The number of ether oxygens (including phenoxy) is 1. The fourth-order valence-corrected chi connectivity index (χ4v) is 4.31. The van der Waals surface area contributed by atoms with Gasteiger partial charge in [-0.2, -0.15) is 0 Å². The number of rotatable bonds is 5. The number of piperidine rings is 2. The second kappa shape index (κ2) is 7.87. The molecule has 2 aliphatic heterocycles. The molecule has 4 rings (SSSR count). The first-order valence-corrected chi connectivity index (χ1v) is 9.63. The molecule has 1 amide bonds. The first-order valence-electron chi connectivity index (χ1n) is 9.63. The van der Waals surface area contributed by atoms with E-state index in [1.165, 1.54) is 25.3 Å².